The topological polar surface area (TPSA) is 75.7 Å². The first kappa shape index (κ1) is 23.1. The van der Waals surface area contributed by atoms with E-state index in [1.54, 1.807) is 54.6 Å². The lowest BCUT2D eigenvalue weighted by molar-refractivity contribution is 0.102. The molecule has 6 nitrogen and oxygen atoms in total. The van der Waals surface area contributed by atoms with Gasteiger partial charge in [-0.25, -0.2) is 8.42 Å². The molecule has 0 fully saturated rings. The van der Waals surface area contributed by atoms with Gasteiger partial charge in [0.05, 0.1) is 12.0 Å². The predicted octanol–water partition coefficient (Wildman–Crippen LogP) is 5.08. The molecule has 0 saturated carbocycles. The molecule has 0 aliphatic heterocycles. The minimum Gasteiger partial charge on any atom is -0.496 e. The number of hydrogen-bond donors (Lipinski definition) is 1. The summed E-state index contributed by atoms with van der Waals surface area (Å²) in [5.74, 6) is 0.0771. The SMILES string of the molecule is COc1ccc(C(=O)Nc2cc(Cl)cc(Cl)c2)cc1CN(C)S(=O)(=O)c1ccccc1. The van der Waals surface area contributed by atoms with Crippen LogP contribution in [0.25, 0.3) is 0 Å². The van der Waals surface area contributed by atoms with Gasteiger partial charge in [-0.3, -0.25) is 4.79 Å². The lowest BCUT2D eigenvalue weighted by Crippen LogP contribution is -2.27. The summed E-state index contributed by atoms with van der Waals surface area (Å²) < 4.78 is 32.2. The number of methoxy groups -OCH3 is 1. The number of carbonyl (C=O) groups is 1. The van der Waals surface area contributed by atoms with E-state index in [9.17, 15) is 13.2 Å². The third-order valence-corrected chi connectivity index (χ3v) is 6.76. The van der Waals surface area contributed by atoms with E-state index in [1.165, 1.54) is 30.6 Å². The molecule has 0 bridgehead atoms. The summed E-state index contributed by atoms with van der Waals surface area (Å²) in [6, 6.07) is 17.7. The molecule has 3 rings (SSSR count). The number of amides is 1. The Kier molecular flexibility index (Phi) is 7.23. The van der Waals surface area contributed by atoms with Crippen molar-refractivity contribution in [2.75, 3.05) is 19.5 Å². The third kappa shape index (κ3) is 5.57. The van der Waals surface area contributed by atoms with Crippen molar-refractivity contribution >= 4 is 44.8 Å². The van der Waals surface area contributed by atoms with Gasteiger partial charge in [0, 0.05) is 40.5 Å². The zero-order chi connectivity index (χ0) is 22.6. The van der Waals surface area contributed by atoms with Crippen molar-refractivity contribution in [2.45, 2.75) is 11.4 Å². The highest BCUT2D eigenvalue weighted by atomic mass is 35.5. The van der Waals surface area contributed by atoms with Crippen molar-refractivity contribution in [3.63, 3.8) is 0 Å². The van der Waals surface area contributed by atoms with Gasteiger partial charge >= 0.3 is 0 Å². The summed E-state index contributed by atoms with van der Waals surface area (Å²) in [6.07, 6.45) is 0. The van der Waals surface area contributed by atoms with E-state index >= 15 is 0 Å². The summed E-state index contributed by atoms with van der Waals surface area (Å²) in [6.45, 7) is 0.0184. The highest BCUT2D eigenvalue weighted by Gasteiger charge is 2.22. The molecule has 1 N–H and O–H groups in total. The quantitative estimate of drug-likeness (QED) is 0.513. The molecule has 3 aromatic carbocycles. The second kappa shape index (κ2) is 9.70. The maximum absolute atomic E-state index is 12.8. The molecule has 0 aliphatic carbocycles. The normalized spacial score (nSPS) is 11.4. The Morgan fingerprint density at radius 3 is 2.26 bits per heavy atom. The Labute approximate surface area is 191 Å². The van der Waals surface area contributed by atoms with E-state index in [0.29, 0.717) is 32.6 Å². The van der Waals surface area contributed by atoms with E-state index in [-0.39, 0.29) is 11.4 Å². The third-order valence-electron chi connectivity index (χ3n) is 4.51. The highest BCUT2D eigenvalue weighted by molar-refractivity contribution is 7.89. The lowest BCUT2D eigenvalue weighted by atomic mass is 10.1. The Balaban J connectivity index is 1.85. The van der Waals surface area contributed by atoms with Crippen LogP contribution in [0.1, 0.15) is 15.9 Å². The van der Waals surface area contributed by atoms with E-state index in [0.717, 1.165) is 0 Å². The van der Waals surface area contributed by atoms with Crippen molar-refractivity contribution < 1.29 is 17.9 Å². The zero-order valence-corrected chi connectivity index (χ0v) is 19.1. The minimum atomic E-state index is -3.71. The van der Waals surface area contributed by atoms with Crippen molar-refractivity contribution in [2.24, 2.45) is 0 Å². The van der Waals surface area contributed by atoms with E-state index in [2.05, 4.69) is 5.32 Å². The molecule has 0 spiro atoms. The highest BCUT2D eigenvalue weighted by Crippen LogP contribution is 2.26. The summed E-state index contributed by atoms with van der Waals surface area (Å²) >= 11 is 12.0. The molecule has 0 saturated heterocycles. The number of carbonyl (C=O) groups excluding carboxylic acids is 1. The molecular weight excluding hydrogens is 459 g/mol. The Morgan fingerprint density at radius 1 is 1.00 bits per heavy atom. The molecule has 3 aromatic rings. The van der Waals surface area contributed by atoms with Crippen LogP contribution in [-0.4, -0.2) is 32.8 Å². The van der Waals surface area contributed by atoms with Gasteiger partial charge in [-0.1, -0.05) is 41.4 Å². The summed E-state index contributed by atoms with van der Waals surface area (Å²) in [4.78, 5) is 12.9. The first-order valence-corrected chi connectivity index (χ1v) is 11.4. The first-order valence-electron chi connectivity index (χ1n) is 9.16. The second-order valence-electron chi connectivity index (χ2n) is 6.71. The molecule has 162 valence electrons. The van der Waals surface area contributed by atoms with Gasteiger partial charge < -0.3 is 10.1 Å². The molecule has 0 heterocycles. The molecule has 0 radical (unpaired) electrons. The Hall–Kier alpha value is -2.58. The smallest absolute Gasteiger partial charge is 0.255 e. The molecule has 1 amide bonds. The van der Waals surface area contributed by atoms with Crippen LogP contribution >= 0.6 is 23.2 Å². The number of rotatable bonds is 7. The van der Waals surface area contributed by atoms with Gasteiger partial charge in [0.2, 0.25) is 10.0 Å². The van der Waals surface area contributed by atoms with Gasteiger partial charge in [-0.15, -0.1) is 0 Å². The standard InChI is InChI=1S/C22H20Cl2N2O4S/c1-26(31(28,29)20-6-4-3-5-7-20)14-16-10-15(8-9-21(16)30-2)22(27)25-19-12-17(23)11-18(24)13-19/h3-13H,14H2,1-2H3,(H,25,27). The van der Waals surface area contributed by atoms with Crippen molar-refractivity contribution in [1.29, 1.82) is 0 Å². The average Bonchev–Trinajstić information content (AvgIpc) is 2.73. The van der Waals surface area contributed by atoms with E-state index < -0.39 is 15.9 Å². The van der Waals surface area contributed by atoms with Crippen LogP contribution < -0.4 is 10.1 Å². The summed E-state index contributed by atoms with van der Waals surface area (Å²) in [5.41, 5.74) is 1.32. The molecular formula is C22H20Cl2N2O4S. The number of hydrogen-bond acceptors (Lipinski definition) is 4. The number of halogens is 2. The molecule has 31 heavy (non-hydrogen) atoms. The van der Waals surface area contributed by atoms with Crippen LogP contribution in [-0.2, 0) is 16.6 Å². The molecule has 9 heteroatoms. The number of nitrogens with zero attached hydrogens (tertiary/aromatic N) is 1. The molecule has 0 unspecified atom stereocenters. The summed E-state index contributed by atoms with van der Waals surface area (Å²) in [7, 11) is -0.746. The minimum absolute atomic E-state index is 0.0184. The van der Waals surface area contributed by atoms with Crippen LogP contribution in [0.3, 0.4) is 0 Å². The van der Waals surface area contributed by atoms with Crippen LogP contribution in [0, 0.1) is 0 Å². The number of benzene rings is 3. The monoisotopic (exact) mass is 478 g/mol. The largest absolute Gasteiger partial charge is 0.496 e. The zero-order valence-electron chi connectivity index (χ0n) is 16.8. The predicted molar refractivity (Wildman–Crippen MR) is 123 cm³/mol. The van der Waals surface area contributed by atoms with Gasteiger partial charge in [0.15, 0.2) is 0 Å². The number of nitrogens with one attached hydrogen (secondary N) is 1. The fourth-order valence-corrected chi connectivity index (χ4v) is 4.67. The average molecular weight is 479 g/mol. The fourth-order valence-electron chi connectivity index (χ4n) is 2.97. The number of sulfonamides is 1. The van der Waals surface area contributed by atoms with Crippen molar-refractivity contribution in [3.05, 3.63) is 87.9 Å². The Bertz CT molecular complexity index is 1180. The van der Waals surface area contributed by atoms with E-state index in [4.69, 9.17) is 27.9 Å². The van der Waals surface area contributed by atoms with E-state index in [1.807, 2.05) is 0 Å². The molecule has 0 atom stereocenters. The van der Waals surface area contributed by atoms with Gasteiger partial charge in [-0.2, -0.15) is 4.31 Å². The van der Waals surface area contributed by atoms with Crippen molar-refractivity contribution in [3.8, 4) is 5.75 Å². The Morgan fingerprint density at radius 2 is 1.65 bits per heavy atom. The van der Waals surface area contributed by atoms with Gasteiger partial charge in [0.1, 0.15) is 5.75 Å². The molecule has 0 aliphatic rings. The second-order valence-corrected chi connectivity index (χ2v) is 9.63. The van der Waals surface area contributed by atoms with Gasteiger partial charge in [-0.05, 0) is 48.5 Å². The summed E-state index contributed by atoms with van der Waals surface area (Å²) in [5, 5.41) is 3.52. The first-order chi connectivity index (χ1) is 14.7. The molecule has 0 aromatic heterocycles. The van der Waals surface area contributed by atoms with Crippen LogP contribution in [0.5, 0.6) is 5.75 Å². The van der Waals surface area contributed by atoms with Crippen LogP contribution in [0.15, 0.2) is 71.6 Å². The fraction of sp³-hybridized carbons (Fsp3) is 0.136. The lowest BCUT2D eigenvalue weighted by Gasteiger charge is -2.19. The number of ether oxygens (including phenoxy) is 1. The van der Waals surface area contributed by atoms with Gasteiger partial charge in [0.25, 0.3) is 5.91 Å². The maximum atomic E-state index is 12.8. The number of anilines is 1. The van der Waals surface area contributed by atoms with Crippen LogP contribution in [0.2, 0.25) is 10.0 Å². The maximum Gasteiger partial charge on any atom is 0.255 e. The van der Waals surface area contributed by atoms with Crippen molar-refractivity contribution in [1.82, 2.24) is 4.31 Å². The van der Waals surface area contributed by atoms with Crippen LogP contribution in [0.4, 0.5) is 5.69 Å².